The van der Waals surface area contributed by atoms with E-state index in [0.29, 0.717) is 31.4 Å². The van der Waals surface area contributed by atoms with Crippen molar-refractivity contribution in [2.45, 2.75) is 19.4 Å². The lowest BCUT2D eigenvalue weighted by atomic mass is 10.1. The van der Waals surface area contributed by atoms with Crippen LogP contribution in [-0.4, -0.2) is 43.0 Å². The van der Waals surface area contributed by atoms with Gasteiger partial charge in [0.25, 0.3) is 0 Å². The Morgan fingerprint density at radius 3 is 2.83 bits per heavy atom. The van der Waals surface area contributed by atoms with Gasteiger partial charge in [-0.25, -0.2) is 4.39 Å². The minimum absolute atomic E-state index is 0.0374. The topological polar surface area (TPSA) is 29.5 Å². The molecular weight excluding hydrogens is 233 g/mol. The Hall–Kier alpha value is -1.26. The number of nitrogens with zero attached hydrogens (tertiary/aromatic N) is 1. The van der Waals surface area contributed by atoms with Gasteiger partial charge in [-0.3, -0.25) is 9.69 Å². The molecule has 1 aliphatic heterocycles. The second-order valence-electron chi connectivity index (χ2n) is 4.54. The maximum atomic E-state index is 12.8. The molecule has 4 heteroatoms. The smallest absolute Gasteiger partial charge is 0.176 e. The van der Waals surface area contributed by atoms with Crippen LogP contribution < -0.4 is 0 Å². The summed E-state index contributed by atoms with van der Waals surface area (Å²) in [6.45, 7) is 4.62. The third-order valence-corrected chi connectivity index (χ3v) is 3.33. The quantitative estimate of drug-likeness (QED) is 0.768. The maximum Gasteiger partial charge on any atom is 0.176 e. The van der Waals surface area contributed by atoms with Gasteiger partial charge in [0.1, 0.15) is 5.82 Å². The number of ether oxygens (including phenoxy) is 1. The second-order valence-corrected chi connectivity index (χ2v) is 4.54. The van der Waals surface area contributed by atoms with E-state index in [1.807, 2.05) is 0 Å². The summed E-state index contributed by atoms with van der Waals surface area (Å²) in [4.78, 5) is 14.2. The first-order chi connectivity index (χ1) is 8.70. The van der Waals surface area contributed by atoms with Crippen molar-refractivity contribution < 1.29 is 13.9 Å². The molecule has 0 bridgehead atoms. The van der Waals surface area contributed by atoms with E-state index in [9.17, 15) is 9.18 Å². The normalized spacial score (nSPS) is 20.9. The largest absolute Gasteiger partial charge is 0.378 e. The van der Waals surface area contributed by atoms with E-state index in [1.165, 1.54) is 12.1 Å². The van der Waals surface area contributed by atoms with Gasteiger partial charge in [0.15, 0.2) is 5.78 Å². The van der Waals surface area contributed by atoms with Gasteiger partial charge in [0.2, 0.25) is 0 Å². The van der Waals surface area contributed by atoms with E-state index >= 15 is 0 Å². The molecule has 0 aliphatic carbocycles. The van der Waals surface area contributed by atoms with Crippen molar-refractivity contribution in [2.75, 3.05) is 26.3 Å². The van der Waals surface area contributed by atoms with Gasteiger partial charge in [-0.1, -0.05) is 6.92 Å². The van der Waals surface area contributed by atoms with Gasteiger partial charge in [-0.15, -0.1) is 0 Å². The number of hydrogen-bond acceptors (Lipinski definition) is 3. The zero-order valence-electron chi connectivity index (χ0n) is 10.6. The van der Waals surface area contributed by atoms with Gasteiger partial charge >= 0.3 is 0 Å². The third-order valence-electron chi connectivity index (χ3n) is 3.33. The number of ketones is 1. The number of rotatable bonds is 4. The Bertz CT molecular complexity index is 405. The molecule has 1 aromatic carbocycles. The number of carbonyl (C=O) groups is 1. The van der Waals surface area contributed by atoms with Crippen LogP contribution in [0.15, 0.2) is 24.3 Å². The molecule has 0 saturated carbocycles. The van der Waals surface area contributed by atoms with Crippen molar-refractivity contribution in [3.8, 4) is 0 Å². The van der Waals surface area contributed by atoms with E-state index in [-0.39, 0.29) is 11.6 Å². The minimum Gasteiger partial charge on any atom is -0.378 e. The average molecular weight is 251 g/mol. The highest BCUT2D eigenvalue weighted by Crippen LogP contribution is 2.12. The minimum atomic E-state index is -0.315. The summed E-state index contributed by atoms with van der Waals surface area (Å²) in [5.74, 6) is -0.278. The van der Waals surface area contributed by atoms with Crippen LogP contribution in [0.1, 0.15) is 23.7 Å². The lowest BCUT2D eigenvalue weighted by molar-refractivity contribution is -0.00585. The van der Waals surface area contributed by atoms with Crippen LogP contribution in [0.25, 0.3) is 0 Å². The summed E-state index contributed by atoms with van der Waals surface area (Å²) in [5, 5.41) is 0. The van der Waals surface area contributed by atoms with Crippen LogP contribution >= 0.6 is 0 Å². The SMILES string of the molecule is CCC1COCCN1CC(=O)c1ccc(F)cc1. The number of hydrogen-bond donors (Lipinski definition) is 0. The maximum absolute atomic E-state index is 12.8. The highest BCUT2D eigenvalue weighted by molar-refractivity contribution is 5.97. The second kappa shape index (κ2) is 6.07. The molecular formula is C14H18FNO2. The van der Waals surface area contributed by atoms with Gasteiger partial charge < -0.3 is 4.74 Å². The summed E-state index contributed by atoms with van der Waals surface area (Å²) >= 11 is 0. The van der Waals surface area contributed by atoms with Crippen LogP contribution in [-0.2, 0) is 4.74 Å². The van der Waals surface area contributed by atoms with Crippen LogP contribution in [0.3, 0.4) is 0 Å². The molecule has 1 saturated heterocycles. The van der Waals surface area contributed by atoms with Gasteiger partial charge in [0.05, 0.1) is 19.8 Å². The fourth-order valence-corrected chi connectivity index (χ4v) is 2.18. The first kappa shape index (κ1) is 13.2. The molecule has 18 heavy (non-hydrogen) atoms. The van der Waals surface area contributed by atoms with Crippen LogP contribution in [0.5, 0.6) is 0 Å². The van der Waals surface area contributed by atoms with Crippen molar-refractivity contribution in [2.24, 2.45) is 0 Å². The highest BCUT2D eigenvalue weighted by Gasteiger charge is 2.23. The zero-order valence-corrected chi connectivity index (χ0v) is 10.6. The molecule has 0 aromatic heterocycles. The number of halogens is 1. The number of morpholine rings is 1. The lowest BCUT2D eigenvalue weighted by Gasteiger charge is -2.34. The molecule has 1 heterocycles. The first-order valence-corrected chi connectivity index (χ1v) is 6.31. The summed E-state index contributed by atoms with van der Waals surface area (Å²) in [7, 11) is 0. The summed E-state index contributed by atoms with van der Waals surface area (Å²) in [6, 6.07) is 6.04. The van der Waals surface area contributed by atoms with Crippen LogP contribution in [0.2, 0.25) is 0 Å². The standard InChI is InChI=1S/C14H18FNO2/c1-2-13-10-18-8-7-16(13)9-14(17)11-3-5-12(15)6-4-11/h3-6,13H,2,7-10H2,1H3. The van der Waals surface area contributed by atoms with Crippen molar-refractivity contribution in [3.63, 3.8) is 0 Å². The Morgan fingerprint density at radius 1 is 1.44 bits per heavy atom. The van der Waals surface area contributed by atoms with E-state index < -0.39 is 0 Å². The van der Waals surface area contributed by atoms with Crippen molar-refractivity contribution in [1.29, 1.82) is 0 Å². The predicted molar refractivity (Wildman–Crippen MR) is 67.2 cm³/mol. The predicted octanol–water partition coefficient (Wildman–Crippen LogP) is 2.12. The molecule has 3 nitrogen and oxygen atoms in total. The van der Waals surface area contributed by atoms with Crippen LogP contribution in [0.4, 0.5) is 4.39 Å². The Labute approximate surface area is 107 Å². The Kier molecular flexibility index (Phi) is 4.44. The summed E-state index contributed by atoms with van der Waals surface area (Å²) < 4.78 is 18.2. The fourth-order valence-electron chi connectivity index (χ4n) is 2.18. The molecule has 0 amide bonds. The summed E-state index contributed by atoms with van der Waals surface area (Å²) in [6.07, 6.45) is 0.969. The van der Waals surface area contributed by atoms with E-state index in [4.69, 9.17) is 4.74 Å². The fraction of sp³-hybridized carbons (Fsp3) is 0.500. The molecule has 2 rings (SSSR count). The molecule has 0 N–H and O–H groups in total. The van der Waals surface area contributed by atoms with E-state index in [2.05, 4.69) is 11.8 Å². The molecule has 1 fully saturated rings. The highest BCUT2D eigenvalue weighted by atomic mass is 19.1. The average Bonchev–Trinajstić information content (AvgIpc) is 2.40. The van der Waals surface area contributed by atoms with Crippen LogP contribution in [0, 0.1) is 5.82 Å². The Balaban J connectivity index is 1.99. The number of carbonyl (C=O) groups excluding carboxylic acids is 1. The third kappa shape index (κ3) is 3.15. The van der Waals surface area contributed by atoms with Gasteiger partial charge in [-0.2, -0.15) is 0 Å². The van der Waals surface area contributed by atoms with Gasteiger partial charge in [0, 0.05) is 18.2 Å². The molecule has 1 aliphatic rings. The molecule has 1 aromatic rings. The molecule has 98 valence electrons. The van der Waals surface area contributed by atoms with Gasteiger partial charge in [-0.05, 0) is 30.7 Å². The van der Waals surface area contributed by atoms with E-state index in [0.717, 1.165) is 13.0 Å². The molecule has 0 radical (unpaired) electrons. The zero-order chi connectivity index (χ0) is 13.0. The molecule has 1 unspecified atom stereocenters. The number of Topliss-reactive ketones (excluding diaryl/α,β-unsaturated/α-hetero) is 1. The van der Waals surface area contributed by atoms with Crippen molar-refractivity contribution >= 4 is 5.78 Å². The molecule has 0 spiro atoms. The monoisotopic (exact) mass is 251 g/mol. The molecule has 1 atom stereocenters. The summed E-state index contributed by atoms with van der Waals surface area (Å²) in [5.41, 5.74) is 0.567. The van der Waals surface area contributed by atoms with Crippen molar-refractivity contribution in [3.05, 3.63) is 35.6 Å². The first-order valence-electron chi connectivity index (χ1n) is 6.31. The number of benzene rings is 1. The Morgan fingerprint density at radius 2 is 2.17 bits per heavy atom. The van der Waals surface area contributed by atoms with E-state index in [1.54, 1.807) is 12.1 Å². The van der Waals surface area contributed by atoms with Crippen molar-refractivity contribution in [1.82, 2.24) is 4.90 Å². The lowest BCUT2D eigenvalue weighted by Crippen LogP contribution is -2.47.